The fourth-order valence-electron chi connectivity index (χ4n) is 4.90. The molecule has 1 aliphatic rings. The number of nitrogens with zero attached hydrogens (tertiary/aromatic N) is 1. The number of hydrogen-bond donors (Lipinski definition) is 3. The number of benzene rings is 3. The number of amides is 3. The Balaban J connectivity index is 1.30. The van der Waals surface area contributed by atoms with E-state index in [1.54, 1.807) is 24.3 Å². The minimum absolute atomic E-state index is 0.0556. The molecule has 0 radical (unpaired) electrons. The first-order valence-corrected chi connectivity index (χ1v) is 15.0. The standard InChI is InChI=1S/C34H44N4O4/c1-6-7-18-38-19-16-30(17-20-38)41-28-12-8-26(9-13-28)33(39)37-31-21-25(5)32(22-24(31)4)42-29-14-10-27(11-15-29)36-34(40)35-23(2)3/h8-15,21-23,30H,6-7,16-20H2,1-5H3,(H,37,39)(H2,35,36,40). The Kier molecular flexibility index (Phi) is 10.8. The van der Waals surface area contributed by atoms with Crippen molar-refractivity contribution in [2.24, 2.45) is 0 Å². The van der Waals surface area contributed by atoms with Gasteiger partial charge in [0.05, 0.1) is 0 Å². The van der Waals surface area contributed by atoms with Gasteiger partial charge in [0, 0.05) is 36.1 Å². The highest BCUT2D eigenvalue weighted by molar-refractivity contribution is 6.04. The predicted octanol–water partition coefficient (Wildman–Crippen LogP) is 7.52. The van der Waals surface area contributed by atoms with E-state index >= 15 is 0 Å². The molecule has 0 aliphatic carbocycles. The van der Waals surface area contributed by atoms with Gasteiger partial charge < -0.3 is 30.3 Å². The van der Waals surface area contributed by atoms with Gasteiger partial charge in [-0.2, -0.15) is 0 Å². The van der Waals surface area contributed by atoms with Gasteiger partial charge in [0.2, 0.25) is 0 Å². The smallest absolute Gasteiger partial charge is 0.319 e. The number of unbranched alkanes of at least 4 members (excludes halogenated alkanes) is 1. The first kappa shape index (κ1) is 30.9. The van der Waals surface area contributed by atoms with Gasteiger partial charge >= 0.3 is 6.03 Å². The van der Waals surface area contributed by atoms with Crippen LogP contribution in [0, 0.1) is 13.8 Å². The van der Waals surface area contributed by atoms with Gasteiger partial charge in [-0.1, -0.05) is 13.3 Å². The van der Waals surface area contributed by atoms with Gasteiger partial charge in [-0.3, -0.25) is 4.79 Å². The molecule has 42 heavy (non-hydrogen) atoms. The molecule has 1 saturated heterocycles. The molecular weight excluding hydrogens is 528 g/mol. The van der Waals surface area contributed by atoms with Crippen molar-refractivity contribution in [3.63, 3.8) is 0 Å². The Morgan fingerprint density at radius 1 is 0.905 bits per heavy atom. The van der Waals surface area contributed by atoms with Crippen LogP contribution >= 0.6 is 0 Å². The van der Waals surface area contributed by atoms with Crippen molar-refractivity contribution in [2.75, 3.05) is 30.3 Å². The highest BCUT2D eigenvalue weighted by atomic mass is 16.5. The maximum Gasteiger partial charge on any atom is 0.319 e. The number of anilines is 2. The van der Waals surface area contributed by atoms with Crippen LogP contribution in [0.4, 0.5) is 16.2 Å². The number of nitrogens with one attached hydrogen (secondary N) is 3. The van der Waals surface area contributed by atoms with Crippen molar-refractivity contribution >= 4 is 23.3 Å². The van der Waals surface area contributed by atoms with Crippen LogP contribution in [0.3, 0.4) is 0 Å². The lowest BCUT2D eigenvalue weighted by Crippen LogP contribution is -2.38. The summed E-state index contributed by atoms with van der Waals surface area (Å²) in [6, 6.07) is 18.2. The summed E-state index contributed by atoms with van der Waals surface area (Å²) in [6.07, 6.45) is 4.76. The van der Waals surface area contributed by atoms with Crippen LogP contribution in [0.1, 0.15) is 67.9 Å². The molecule has 1 heterocycles. The molecule has 224 valence electrons. The van der Waals surface area contributed by atoms with Gasteiger partial charge in [-0.15, -0.1) is 0 Å². The van der Waals surface area contributed by atoms with E-state index in [0.717, 1.165) is 48.5 Å². The molecule has 3 N–H and O–H groups in total. The lowest BCUT2D eigenvalue weighted by Gasteiger charge is -2.32. The van der Waals surface area contributed by atoms with E-state index in [1.165, 1.54) is 19.4 Å². The third kappa shape index (κ3) is 8.98. The number of ether oxygens (including phenoxy) is 2. The average molecular weight is 573 g/mol. The topological polar surface area (TPSA) is 91.9 Å². The number of hydrogen-bond acceptors (Lipinski definition) is 5. The lowest BCUT2D eigenvalue weighted by molar-refractivity contribution is 0.0996. The van der Waals surface area contributed by atoms with E-state index in [0.29, 0.717) is 22.7 Å². The van der Waals surface area contributed by atoms with Gasteiger partial charge in [-0.05, 0) is 125 Å². The normalized spacial score (nSPS) is 14.0. The number of likely N-dealkylation sites (tertiary alicyclic amines) is 1. The molecule has 1 aliphatic heterocycles. The summed E-state index contributed by atoms with van der Waals surface area (Å²) in [5, 5.41) is 8.62. The second kappa shape index (κ2) is 14.7. The maximum atomic E-state index is 13.0. The minimum atomic E-state index is -0.249. The molecule has 0 atom stereocenters. The zero-order valence-electron chi connectivity index (χ0n) is 25.5. The number of urea groups is 1. The van der Waals surface area contributed by atoms with Crippen molar-refractivity contribution in [1.82, 2.24) is 10.2 Å². The third-order valence-corrected chi connectivity index (χ3v) is 7.31. The summed E-state index contributed by atoms with van der Waals surface area (Å²) in [5.41, 5.74) is 3.76. The van der Waals surface area contributed by atoms with E-state index in [-0.39, 0.29) is 24.1 Å². The van der Waals surface area contributed by atoms with Crippen molar-refractivity contribution in [3.8, 4) is 17.2 Å². The van der Waals surface area contributed by atoms with E-state index in [1.807, 2.05) is 64.1 Å². The summed E-state index contributed by atoms with van der Waals surface area (Å²) < 4.78 is 12.3. The largest absolute Gasteiger partial charge is 0.490 e. The summed E-state index contributed by atoms with van der Waals surface area (Å²) in [5.74, 6) is 1.97. The average Bonchev–Trinajstić information content (AvgIpc) is 2.96. The molecule has 4 rings (SSSR count). The van der Waals surface area contributed by atoms with Gasteiger partial charge in [-0.25, -0.2) is 4.79 Å². The Bertz CT molecular complexity index is 1330. The second-order valence-corrected chi connectivity index (χ2v) is 11.3. The lowest BCUT2D eigenvalue weighted by atomic mass is 10.1. The molecular formula is C34H44N4O4. The first-order valence-electron chi connectivity index (χ1n) is 15.0. The number of carbonyl (C=O) groups is 2. The van der Waals surface area contributed by atoms with Gasteiger partial charge in [0.25, 0.3) is 5.91 Å². The second-order valence-electron chi connectivity index (χ2n) is 11.3. The van der Waals surface area contributed by atoms with Crippen LogP contribution < -0.4 is 25.4 Å². The first-order chi connectivity index (χ1) is 20.2. The Morgan fingerprint density at radius 2 is 1.57 bits per heavy atom. The van der Waals surface area contributed by atoms with Crippen molar-refractivity contribution in [1.29, 1.82) is 0 Å². The molecule has 8 heteroatoms. The van der Waals surface area contributed by atoms with Crippen LogP contribution in [-0.2, 0) is 0 Å². The van der Waals surface area contributed by atoms with Crippen molar-refractivity contribution < 1.29 is 19.1 Å². The Morgan fingerprint density at radius 3 is 2.21 bits per heavy atom. The van der Waals surface area contributed by atoms with Crippen molar-refractivity contribution in [2.45, 2.75) is 72.4 Å². The molecule has 0 bridgehead atoms. The van der Waals surface area contributed by atoms with E-state index in [9.17, 15) is 9.59 Å². The van der Waals surface area contributed by atoms with Crippen LogP contribution in [-0.4, -0.2) is 48.6 Å². The fourth-order valence-corrected chi connectivity index (χ4v) is 4.90. The van der Waals surface area contributed by atoms with Crippen LogP contribution in [0.15, 0.2) is 60.7 Å². The summed E-state index contributed by atoms with van der Waals surface area (Å²) in [7, 11) is 0. The molecule has 1 fully saturated rings. The van der Waals surface area contributed by atoms with E-state index in [2.05, 4.69) is 27.8 Å². The summed E-state index contributed by atoms with van der Waals surface area (Å²) in [6.45, 7) is 13.3. The van der Waals surface area contributed by atoms with Crippen LogP contribution in [0.2, 0.25) is 0 Å². The molecule has 0 spiro atoms. The molecule has 0 aromatic heterocycles. The SMILES string of the molecule is CCCCN1CCC(Oc2ccc(C(=O)Nc3cc(C)c(Oc4ccc(NC(=O)NC(C)C)cc4)cc3C)cc2)CC1. The monoisotopic (exact) mass is 572 g/mol. The van der Waals surface area contributed by atoms with Crippen LogP contribution in [0.25, 0.3) is 0 Å². The molecule has 3 amide bonds. The quantitative estimate of drug-likeness (QED) is 0.221. The third-order valence-electron chi connectivity index (χ3n) is 7.31. The Hall–Kier alpha value is -4.04. The molecule has 3 aromatic rings. The molecule has 0 saturated carbocycles. The number of carbonyl (C=O) groups excluding carboxylic acids is 2. The minimum Gasteiger partial charge on any atom is -0.490 e. The van der Waals surface area contributed by atoms with E-state index < -0.39 is 0 Å². The Labute approximate surface area is 249 Å². The van der Waals surface area contributed by atoms with Crippen molar-refractivity contribution in [3.05, 3.63) is 77.4 Å². The van der Waals surface area contributed by atoms with Gasteiger partial charge in [0.15, 0.2) is 0 Å². The number of aryl methyl sites for hydroxylation is 2. The molecule has 8 nitrogen and oxygen atoms in total. The fraction of sp³-hybridized carbons (Fsp3) is 0.412. The van der Waals surface area contributed by atoms with E-state index in [4.69, 9.17) is 9.47 Å². The zero-order valence-corrected chi connectivity index (χ0v) is 25.5. The molecule has 3 aromatic carbocycles. The highest BCUT2D eigenvalue weighted by Gasteiger charge is 2.20. The maximum absolute atomic E-state index is 13.0. The zero-order chi connectivity index (χ0) is 30.1. The molecule has 0 unspecified atom stereocenters. The van der Waals surface area contributed by atoms with Crippen LogP contribution in [0.5, 0.6) is 17.2 Å². The number of piperidine rings is 1. The highest BCUT2D eigenvalue weighted by Crippen LogP contribution is 2.31. The summed E-state index contributed by atoms with van der Waals surface area (Å²) in [4.78, 5) is 27.5. The number of rotatable bonds is 11. The summed E-state index contributed by atoms with van der Waals surface area (Å²) >= 11 is 0. The van der Waals surface area contributed by atoms with Gasteiger partial charge in [0.1, 0.15) is 23.4 Å². The predicted molar refractivity (Wildman–Crippen MR) is 169 cm³/mol.